The summed E-state index contributed by atoms with van der Waals surface area (Å²) in [7, 11) is 0. The highest BCUT2D eigenvalue weighted by atomic mass is 19.1. The molecule has 0 amide bonds. The maximum Gasteiger partial charge on any atom is 0.256 e. The van der Waals surface area contributed by atoms with Gasteiger partial charge in [-0.1, -0.05) is 25.5 Å². The van der Waals surface area contributed by atoms with Crippen molar-refractivity contribution >= 4 is 10.8 Å². The molecule has 15 heavy (non-hydrogen) atoms. The average molecular weight is 205 g/mol. The lowest BCUT2D eigenvalue weighted by atomic mass is 10.1. The van der Waals surface area contributed by atoms with Crippen molar-refractivity contribution < 1.29 is 4.39 Å². The van der Waals surface area contributed by atoms with Crippen molar-refractivity contribution in [2.45, 2.75) is 19.8 Å². The van der Waals surface area contributed by atoms with Crippen LogP contribution in [0, 0.1) is 5.82 Å². The smallest absolute Gasteiger partial charge is 0.256 e. The second kappa shape index (κ2) is 3.85. The van der Waals surface area contributed by atoms with Crippen LogP contribution in [0.25, 0.3) is 10.8 Å². The first-order chi connectivity index (χ1) is 7.22. The highest BCUT2D eigenvalue weighted by Gasteiger charge is 2.04. The van der Waals surface area contributed by atoms with E-state index >= 15 is 0 Å². The number of H-pyrrole nitrogens is 1. The second-order valence-corrected chi connectivity index (χ2v) is 3.60. The zero-order chi connectivity index (χ0) is 10.8. The Morgan fingerprint density at radius 2 is 2.13 bits per heavy atom. The van der Waals surface area contributed by atoms with Gasteiger partial charge in [0, 0.05) is 11.6 Å². The summed E-state index contributed by atoms with van der Waals surface area (Å²) in [6.45, 7) is 2.07. The number of benzene rings is 1. The van der Waals surface area contributed by atoms with Gasteiger partial charge in [-0.2, -0.15) is 0 Å². The van der Waals surface area contributed by atoms with Crippen molar-refractivity contribution in [3.05, 3.63) is 46.1 Å². The largest absolute Gasteiger partial charge is 0.326 e. The third-order valence-electron chi connectivity index (χ3n) is 2.45. The molecule has 78 valence electrons. The first kappa shape index (κ1) is 9.90. The third-order valence-corrected chi connectivity index (χ3v) is 2.45. The fourth-order valence-corrected chi connectivity index (χ4v) is 1.72. The van der Waals surface area contributed by atoms with Gasteiger partial charge in [-0.15, -0.1) is 0 Å². The molecule has 0 bridgehead atoms. The molecule has 3 heteroatoms. The maximum atomic E-state index is 13.3. The molecule has 2 rings (SSSR count). The molecule has 0 fully saturated rings. The lowest BCUT2D eigenvalue weighted by molar-refractivity contribution is 0.633. The number of nitrogens with one attached hydrogen (secondary N) is 1. The standard InChI is InChI=1S/C12H12FNO/c1-2-3-8-4-5-9-10(6-8)12(15)14-7-11(9)13/h4-7H,2-3H2,1H3,(H,14,15). The summed E-state index contributed by atoms with van der Waals surface area (Å²) in [6.07, 6.45) is 3.02. The number of pyridine rings is 1. The molecule has 0 aliphatic rings. The number of hydrogen-bond acceptors (Lipinski definition) is 1. The fraction of sp³-hybridized carbons (Fsp3) is 0.250. The summed E-state index contributed by atoms with van der Waals surface area (Å²) in [4.78, 5) is 13.8. The highest BCUT2D eigenvalue weighted by molar-refractivity contribution is 5.82. The van der Waals surface area contributed by atoms with Crippen molar-refractivity contribution in [1.29, 1.82) is 0 Å². The van der Waals surface area contributed by atoms with Crippen LogP contribution in [-0.4, -0.2) is 4.98 Å². The molecule has 0 radical (unpaired) electrons. The van der Waals surface area contributed by atoms with Crippen LogP contribution >= 0.6 is 0 Å². The Morgan fingerprint density at radius 3 is 2.87 bits per heavy atom. The minimum Gasteiger partial charge on any atom is -0.326 e. The summed E-state index contributed by atoms with van der Waals surface area (Å²) in [6, 6.07) is 5.31. The lowest BCUT2D eigenvalue weighted by Gasteiger charge is -2.02. The van der Waals surface area contributed by atoms with Gasteiger partial charge >= 0.3 is 0 Å². The Hall–Kier alpha value is -1.64. The molecule has 1 aromatic heterocycles. The van der Waals surface area contributed by atoms with Crippen molar-refractivity contribution in [2.75, 3.05) is 0 Å². The Balaban J connectivity index is 2.70. The van der Waals surface area contributed by atoms with Crippen LogP contribution in [0.1, 0.15) is 18.9 Å². The van der Waals surface area contributed by atoms with E-state index in [1.807, 2.05) is 6.07 Å². The normalized spacial score (nSPS) is 10.8. The molecule has 0 saturated carbocycles. The number of halogens is 1. The van der Waals surface area contributed by atoms with E-state index in [1.165, 1.54) is 0 Å². The Morgan fingerprint density at radius 1 is 1.33 bits per heavy atom. The lowest BCUT2D eigenvalue weighted by Crippen LogP contribution is -2.06. The van der Waals surface area contributed by atoms with Gasteiger partial charge < -0.3 is 4.98 Å². The molecule has 0 unspecified atom stereocenters. The summed E-state index contributed by atoms with van der Waals surface area (Å²) >= 11 is 0. The number of aryl methyl sites for hydroxylation is 1. The maximum absolute atomic E-state index is 13.3. The Kier molecular flexibility index (Phi) is 2.54. The number of aromatic nitrogens is 1. The molecular weight excluding hydrogens is 193 g/mol. The fourth-order valence-electron chi connectivity index (χ4n) is 1.72. The van der Waals surface area contributed by atoms with Crippen molar-refractivity contribution in [2.24, 2.45) is 0 Å². The first-order valence-electron chi connectivity index (χ1n) is 5.02. The molecule has 2 aromatic rings. The summed E-state index contributed by atoms with van der Waals surface area (Å²) in [5.74, 6) is -0.382. The van der Waals surface area contributed by atoms with Crippen molar-refractivity contribution in [3.63, 3.8) is 0 Å². The van der Waals surface area contributed by atoms with Crippen molar-refractivity contribution in [3.8, 4) is 0 Å². The molecule has 0 aliphatic carbocycles. The SMILES string of the molecule is CCCc1ccc2c(F)c[nH]c(=O)c2c1. The van der Waals surface area contributed by atoms with E-state index in [0.29, 0.717) is 10.8 Å². The predicted molar refractivity (Wildman–Crippen MR) is 58.5 cm³/mol. The van der Waals surface area contributed by atoms with E-state index in [1.54, 1.807) is 12.1 Å². The van der Waals surface area contributed by atoms with Gasteiger partial charge in [0.15, 0.2) is 0 Å². The zero-order valence-electron chi connectivity index (χ0n) is 8.51. The molecule has 0 atom stereocenters. The van der Waals surface area contributed by atoms with Gasteiger partial charge in [-0.3, -0.25) is 4.79 Å². The zero-order valence-corrected chi connectivity index (χ0v) is 8.51. The number of rotatable bonds is 2. The average Bonchev–Trinajstić information content (AvgIpc) is 2.24. The van der Waals surface area contributed by atoms with Gasteiger partial charge in [0.1, 0.15) is 5.82 Å². The Labute approximate surface area is 86.8 Å². The van der Waals surface area contributed by atoms with Gasteiger partial charge in [-0.05, 0) is 18.1 Å². The van der Waals surface area contributed by atoms with E-state index < -0.39 is 0 Å². The van der Waals surface area contributed by atoms with E-state index in [-0.39, 0.29) is 11.4 Å². The van der Waals surface area contributed by atoms with Gasteiger partial charge in [0.25, 0.3) is 5.56 Å². The van der Waals surface area contributed by atoms with E-state index in [0.717, 1.165) is 24.6 Å². The topological polar surface area (TPSA) is 32.9 Å². The monoisotopic (exact) mass is 205 g/mol. The van der Waals surface area contributed by atoms with Gasteiger partial charge in [0.2, 0.25) is 0 Å². The molecule has 0 aliphatic heterocycles. The van der Waals surface area contributed by atoms with Crippen LogP contribution in [0.4, 0.5) is 4.39 Å². The molecular formula is C12H12FNO. The number of fused-ring (bicyclic) bond motifs is 1. The summed E-state index contributed by atoms with van der Waals surface area (Å²) in [5, 5.41) is 0.819. The summed E-state index contributed by atoms with van der Waals surface area (Å²) < 4.78 is 13.3. The second-order valence-electron chi connectivity index (χ2n) is 3.60. The van der Waals surface area contributed by atoms with Crippen LogP contribution in [0.3, 0.4) is 0 Å². The number of aromatic amines is 1. The first-order valence-corrected chi connectivity index (χ1v) is 5.02. The van der Waals surface area contributed by atoms with E-state index in [2.05, 4.69) is 11.9 Å². The van der Waals surface area contributed by atoms with Crippen LogP contribution in [0.15, 0.2) is 29.2 Å². The van der Waals surface area contributed by atoms with Crippen molar-refractivity contribution in [1.82, 2.24) is 4.98 Å². The molecule has 1 aromatic carbocycles. The van der Waals surface area contributed by atoms with Gasteiger partial charge in [-0.25, -0.2) is 4.39 Å². The minimum atomic E-state index is -0.382. The minimum absolute atomic E-state index is 0.232. The van der Waals surface area contributed by atoms with Crippen LogP contribution < -0.4 is 5.56 Å². The Bertz CT molecular complexity index is 545. The molecule has 0 spiro atoms. The molecule has 1 N–H and O–H groups in total. The highest BCUT2D eigenvalue weighted by Crippen LogP contribution is 2.15. The van der Waals surface area contributed by atoms with Crippen LogP contribution in [0.5, 0.6) is 0 Å². The molecule has 2 nitrogen and oxygen atoms in total. The molecule has 1 heterocycles. The van der Waals surface area contributed by atoms with E-state index in [4.69, 9.17) is 0 Å². The number of hydrogen-bond donors (Lipinski definition) is 1. The van der Waals surface area contributed by atoms with Crippen LogP contribution in [0.2, 0.25) is 0 Å². The van der Waals surface area contributed by atoms with Crippen LogP contribution in [-0.2, 0) is 6.42 Å². The van der Waals surface area contributed by atoms with Gasteiger partial charge in [0.05, 0.1) is 5.39 Å². The quantitative estimate of drug-likeness (QED) is 0.803. The molecule has 0 saturated heterocycles. The van der Waals surface area contributed by atoms with E-state index in [9.17, 15) is 9.18 Å². The summed E-state index contributed by atoms with van der Waals surface area (Å²) in [5.41, 5.74) is 0.838. The third kappa shape index (κ3) is 1.77. The predicted octanol–water partition coefficient (Wildman–Crippen LogP) is 2.62.